The van der Waals surface area contributed by atoms with Crippen LogP contribution < -0.4 is 5.73 Å². The fourth-order valence-electron chi connectivity index (χ4n) is 1.61. The summed E-state index contributed by atoms with van der Waals surface area (Å²) in [6.07, 6.45) is 3.10. The van der Waals surface area contributed by atoms with Crippen molar-refractivity contribution in [2.75, 3.05) is 25.6 Å². The van der Waals surface area contributed by atoms with E-state index in [2.05, 4.69) is 5.10 Å². The zero-order valence-corrected chi connectivity index (χ0v) is 8.98. The minimum Gasteiger partial charge on any atom is -0.396 e. The van der Waals surface area contributed by atoms with Crippen molar-refractivity contribution in [3.05, 3.63) is 11.9 Å². The molecule has 0 saturated carbocycles. The lowest BCUT2D eigenvalue weighted by Crippen LogP contribution is -2.16. The topological polar surface area (TPSA) is 62.3 Å². The molecule has 0 radical (unpaired) electrons. The van der Waals surface area contributed by atoms with Gasteiger partial charge in [-0.25, -0.2) is 0 Å². The highest BCUT2D eigenvalue weighted by molar-refractivity contribution is 5.39. The summed E-state index contributed by atoms with van der Waals surface area (Å²) in [6.45, 7) is 4.85. The minimum absolute atomic E-state index is 0.263. The Kier molecular flexibility index (Phi) is 3.23. The Morgan fingerprint density at radius 2 is 2.60 bits per heavy atom. The summed E-state index contributed by atoms with van der Waals surface area (Å²) < 4.78 is 12.7. The largest absolute Gasteiger partial charge is 0.396 e. The first-order valence-corrected chi connectivity index (χ1v) is 5.24. The fraction of sp³-hybridized carbons (Fsp3) is 0.700. The molecular weight excluding hydrogens is 194 g/mol. The van der Waals surface area contributed by atoms with Crippen LogP contribution in [-0.2, 0) is 16.0 Å². The van der Waals surface area contributed by atoms with Crippen molar-refractivity contribution in [2.45, 2.75) is 26.0 Å². The van der Waals surface area contributed by atoms with Crippen molar-refractivity contribution in [2.24, 2.45) is 0 Å². The Morgan fingerprint density at radius 1 is 1.73 bits per heavy atom. The number of rotatable bonds is 4. The van der Waals surface area contributed by atoms with Gasteiger partial charge in [0.15, 0.2) is 0 Å². The molecule has 84 valence electrons. The standard InChI is InChI=1S/C10H17N3O2/c1-8-10(11)6-13(12-8)3-5-15-9-2-4-14-7-9/h6,9H,2-5,7,11H2,1H3. The highest BCUT2D eigenvalue weighted by Gasteiger charge is 2.15. The van der Waals surface area contributed by atoms with E-state index in [9.17, 15) is 0 Å². The third-order valence-corrected chi connectivity index (χ3v) is 2.55. The predicted octanol–water partition coefficient (Wildman–Crippen LogP) is 0.579. The summed E-state index contributed by atoms with van der Waals surface area (Å²) in [6, 6.07) is 0. The van der Waals surface area contributed by atoms with Crippen LogP contribution in [0.3, 0.4) is 0 Å². The maximum absolute atomic E-state index is 5.69. The first-order chi connectivity index (χ1) is 7.25. The zero-order chi connectivity index (χ0) is 10.7. The lowest BCUT2D eigenvalue weighted by molar-refractivity contribution is 0.0371. The molecule has 0 spiro atoms. The Morgan fingerprint density at radius 3 is 3.20 bits per heavy atom. The van der Waals surface area contributed by atoms with Crippen molar-refractivity contribution >= 4 is 5.69 Å². The van der Waals surface area contributed by atoms with E-state index in [4.69, 9.17) is 15.2 Å². The zero-order valence-electron chi connectivity index (χ0n) is 8.98. The number of aromatic nitrogens is 2. The summed E-state index contributed by atoms with van der Waals surface area (Å²) in [5.74, 6) is 0. The van der Waals surface area contributed by atoms with Gasteiger partial charge >= 0.3 is 0 Å². The molecule has 15 heavy (non-hydrogen) atoms. The summed E-state index contributed by atoms with van der Waals surface area (Å²) in [7, 11) is 0. The second-order valence-corrected chi connectivity index (χ2v) is 3.79. The van der Waals surface area contributed by atoms with Crippen LogP contribution in [0.5, 0.6) is 0 Å². The van der Waals surface area contributed by atoms with E-state index in [-0.39, 0.29) is 6.10 Å². The van der Waals surface area contributed by atoms with Gasteiger partial charge in [0.25, 0.3) is 0 Å². The molecule has 1 fully saturated rings. The van der Waals surface area contributed by atoms with Gasteiger partial charge in [-0.1, -0.05) is 0 Å². The maximum Gasteiger partial charge on any atom is 0.0831 e. The molecule has 1 aromatic heterocycles. The number of hydrogen-bond donors (Lipinski definition) is 1. The second kappa shape index (κ2) is 4.63. The Labute approximate surface area is 89.2 Å². The summed E-state index contributed by atoms with van der Waals surface area (Å²) in [4.78, 5) is 0. The molecule has 2 N–H and O–H groups in total. The lowest BCUT2D eigenvalue weighted by atomic mass is 10.3. The van der Waals surface area contributed by atoms with Crippen LogP contribution in [0, 0.1) is 6.92 Å². The number of aryl methyl sites for hydroxylation is 1. The molecule has 1 saturated heterocycles. The summed E-state index contributed by atoms with van der Waals surface area (Å²) in [5.41, 5.74) is 7.30. The van der Waals surface area contributed by atoms with Crippen LogP contribution in [0.1, 0.15) is 12.1 Å². The van der Waals surface area contributed by atoms with Crippen LogP contribution >= 0.6 is 0 Å². The van der Waals surface area contributed by atoms with E-state index >= 15 is 0 Å². The molecule has 5 nitrogen and oxygen atoms in total. The number of nitrogen functional groups attached to an aromatic ring is 1. The molecule has 0 amide bonds. The van der Waals surface area contributed by atoms with E-state index < -0.39 is 0 Å². The van der Waals surface area contributed by atoms with E-state index in [0.717, 1.165) is 37.6 Å². The third-order valence-electron chi connectivity index (χ3n) is 2.55. The Hall–Kier alpha value is -1.07. The van der Waals surface area contributed by atoms with Crippen LogP contribution in [0.15, 0.2) is 6.20 Å². The van der Waals surface area contributed by atoms with Gasteiger partial charge in [-0.05, 0) is 13.3 Å². The normalized spacial score (nSPS) is 21.0. The van der Waals surface area contributed by atoms with E-state index in [1.54, 1.807) is 0 Å². The van der Waals surface area contributed by atoms with Gasteiger partial charge in [0.05, 0.1) is 37.2 Å². The monoisotopic (exact) mass is 211 g/mol. The Balaban J connectivity index is 1.73. The van der Waals surface area contributed by atoms with Gasteiger partial charge in [-0.15, -0.1) is 0 Å². The smallest absolute Gasteiger partial charge is 0.0831 e. The van der Waals surface area contributed by atoms with Crippen LogP contribution in [-0.4, -0.2) is 35.7 Å². The first kappa shape index (κ1) is 10.4. The molecule has 0 aromatic carbocycles. The molecule has 0 bridgehead atoms. The van der Waals surface area contributed by atoms with Gasteiger partial charge in [0, 0.05) is 12.8 Å². The van der Waals surface area contributed by atoms with E-state index in [0.29, 0.717) is 6.61 Å². The van der Waals surface area contributed by atoms with Crippen LogP contribution in [0.25, 0.3) is 0 Å². The molecule has 0 aliphatic carbocycles. The predicted molar refractivity (Wildman–Crippen MR) is 56.6 cm³/mol. The molecule has 2 heterocycles. The number of nitrogens with two attached hydrogens (primary N) is 1. The van der Waals surface area contributed by atoms with Gasteiger partial charge < -0.3 is 15.2 Å². The van der Waals surface area contributed by atoms with Gasteiger partial charge in [0.2, 0.25) is 0 Å². The number of ether oxygens (including phenoxy) is 2. The highest BCUT2D eigenvalue weighted by atomic mass is 16.5. The molecule has 1 aliphatic rings. The van der Waals surface area contributed by atoms with E-state index in [1.807, 2.05) is 17.8 Å². The lowest BCUT2D eigenvalue weighted by Gasteiger charge is -2.09. The number of nitrogens with zero attached hydrogens (tertiary/aromatic N) is 2. The molecule has 1 atom stereocenters. The molecule has 2 rings (SSSR count). The molecule has 5 heteroatoms. The summed E-state index contributed by atoms with van der Waals surface area (Å²) >= 11 is 0. The maximum atomic E-state index is 5.69. The quantitative estimate of drug-likeness (QED) is 0.791. The minimum atomic E-state index is 0.263. The van der Waals surface area contributed by atoms with Gasteiger partial charge in [-0.2, -0.15) is 5.10 Å². The van der Waals surface area contributed by atoms with E-state index in [1.165, 1.54) is 0 Å². The third kappa shape index (κ3) is 2.70. The molecule has 1 aliphatic heterocycles. The second-order valence-electron chi connectivity index (χ2n) is 3.79. The first-order valence-electron chi connectivity index (χ1n) is 5.24. The molecule has 1 aromatic rings. The van der Waals surface area contributed by atoms with Crippen molar-refractivity contribution in [1.82, 2.24) is 9.78 Å². The van der Waals surface area contributed by atoms with Gasteiger partial charge in [-0.3, -0.25) is 4.68 Å². The van der Waals surface area contributed by atoms with Crippen LogP contribution in [0.4, 0.5) is 5.69 Å². The number of anilines is 1. The molecular formula is C10H17N3O2. The Bertz CT molecular complexity index is 299. The van der Waals surface area contributed by atoms with Crippen molar-refractivity contribution in [3.8, 4) is 0 Å². The van der Waals surface area contributed by atoms with Crippen molar-refractivity contribution in [1.29, 1.82) is 0 Å². The average molecular weight is 211 g/mol. The SMILES string of the molecule is Cc1nn(CCOC2CCOC2)cc1N. The van der Waals surface area contributed by atoms with Crippen molar-refractivity contribution < 1.29 is 9.47 Å². The molecule has 1 unspecified atom stereocenters. The summed E-state index contributed by atoms with van der Waals surface area (Å²) in [5, 5.41) is 4.25. The van der Waals surface area contributed by atoms with Crippen molar-refractivity contribution in [3.63, 3.8) is 0 Å². The van der Waals surface area contributed by atoms with Gasteiger partial charge in [0.1, 0.15) is 0 Å². The average Bonchev–Trinajstić information content (AvgIpc) is 2.79. The highest BCUT2D eigenvalue weighted by Crippen LogP contribution is 2.09. The van der Waals surface area contributed by atoms with Crippen LogP contribution in [0.2, 0.25) is 0 Å². The number of hydrogen-bond acceptors (Lipinski definition) is 4. The fourth-order valence-corrected chi connectivity index (χ4v) is 1.61.